The van der Waals surface area contributed by atoms with Crippen LogP contribution in [-0.4, -0.2) is 27.0 Å². The molecule has 6 heteroatoms. The van der Waals surface area contributed by atoms with Crippen LogP contribution >= 0.6 is 0 Å². The van der Waals surface area contributed by atoms with E-state index in [9.17, 15) is 9.59 Å². The summed E-state index contributed by atoms with van der Waals surface area (Å²) in [6, 6.07) is 6.74. The zero-order valence-corrected chi connectivity index (χ0v) is 10.8. The molecular weight excluding hydrogens is 258 g/mol. The minimum atomic E-state index is -0.946. The number of amides is 1. The number of rotatable bonds is 4. The van der Waals surface area contributed by atoms with Gasteiger partial charge in [0, 0.05) is 6.20 Å². The molecule has 102 valence electrons. The Morgan fingerprint density at radius 2 is 2.05 bits per heavy atom. The van der Waals surface area contributed by atoms with Crippen molar-refractivity contribution in [3.05, 3.63) is 53.6 Å². The molecule has 0 saturated heterocycles. The first-order chi connectivity index (χ1) is 9.56. The van der Waals surface area contributed by atoms with E-state index in [0.717, 1.165) is 5.56 Å². The Morgan fingerprint density at radius 1 is 1.25 bits per heavy atom. The fourth-order valence-electron chi connectivity index (χ4n) is 1.67. The molecule has 0 aromatic carbocycles. The summed E-state index contributed by atoms with van der Waals surface area (Å²) in [6.45, 7) is 1.80. The molecule has 0 spiro atoms. The van der Waals surface area contributed by atoms with Gasteiger partial charge in [0.15, 0.2) is 0 Å². The quantitative estimate of drug-likeness (QED) is 0.882. The van der Waals surface area contributed by atoms with Crippen LogP contribution in [0.25, 0.3) is 0 Å². The molecule has 0 aliphatic heterocycles. The van der Waals surface area contributed by atoms with Gasteiger partial charge in [-0.25, -0.2) is 0 Å². The maximum atomic E-state index is 12.0. The number of carbonyl (C=O) groups is 2. The summed E-state index contributed by atoms with van der Waals surface area (Å²) in [4.78, 5) is 30.5. The summed E-state index contributed by atoms with van der Waals surface area (Å²) < 4.78 is 0. The number of carboxylic acid groups (broad SMARTS) is 1. The van der Waals surface area contributed by atoms with E-state index >= 15 is 0 Å². The van der Waals surface area contributed by atoms with Crippen molar-refractivity contribution in [2.75, 3.05) is 5.32 Å². The number of pyridine rings is 2. The summed E-state index contributed by atoms with van der Waals surface area (Å²) in [5.41, 5.74) is 2.06. The first-order valence-corrected chi connectivity index (χ1v) is 5.96. The third-order valence-electron chi connectivity index (χ3n) is 2.64. The van der Waals surface area contributed by atoms with Crippen LogP contribution < -0.4 is 5.32 Å². The van der Waals surface area contributed by atoms with Gasteiger partial charge in [0.05, 0.1) is 24.0 Å². The van der Waals surface area contributed by atoms with Crippen molar-refractivity contribution in [3.63, 3.8) is 0 Å². The molecule has 0 atom stereocenters. The summed E-state index contributed by atoms with van der Waals surface area (Å²) in [7, 11) is 0. The van der Waals surface area contributed by atoms with Crippen LogP contribution in [0.5, 0.6) is 0 Å². The van der Waals surface area contributed by atoms with E-state index in [1.807, 2.05) is 0 Å². The molecule has 2 rings (SSSR count). The Kier molecular flexibility index (Phi) is 4.05. The average Bonchev–Trinajstić information content (AvgIpc) is 2.41. The highest BCUT2D eigenvalue weighted by molar-refractivity contribution is 6.03. The molecule has 0 unspecified atom stereocenters. The van der Waals surface area contributed by atoms with E-state index in [1.54, 1.807) is 37.4 Å². The standard InChI is InChI=1S/C14H13N3O3/c1-9-3-2-6-15-13(9)14(20)17-11-5-4-10(16-8-11)7-12(18)19/h2-6,8H,7H2,1H3,(H,17,20)(H,18,19). The highest BCUT2D eigenvalue weighted by atomic mass is 16.4. The number of nitrogens with zero attached hydrogens (tertiary/aromatic N) is 2. The number of aryl methyl sites for hydroxylation is 1. The van der Waals surface area contributed by atoms with Gasteiger partial charge < -0.3 is 10.4 Å². The summed E-state index contributed by atoms with van der Waals surface area (Å²) in [6.07, 6.45) is 2.83. The molecule has 0 aliphatic carbocycles. The fourth-order valence-corrected chi connectivity index (χ4v) is 1.67. The Balaban J connectivity index is 2.09. The van der Waals surface area contributed by atoms with Gasteiger partial charge in [-0.3, -0.25) is 19.6 Å². The molecule has 0 bridgehead atoms. The van der Waals surface area contributed by atoms with Gasteiger partial charge in [-0.2, -0.15) is 0 Å². The van der Waals surface area contributed by atoms with Crippen LogP contribution in [0.2, 0.25) is 0 Å². The van der Waals surface area contributed by atoms with Crippen molar-refractivity contribution in [3.8, 4) is 0 Å². The van der Waals surface area contributed by atoms with Crippen molar-refractivity contribution in [2.24, 2.45) is 0 Å². The Morgan fingerprint density at radius 3 is 2.65 bits per heavy atom. The lowest BCUT2D eigenvalue weighted by molar-refractivity contribution is -0.136. The van der Waals surface area contributed by atoms with Gasteiger partial charge in [0.2, 0.25) is 0 Å². The third kappa shape index (κ3) is 3.38. The molecule has 0 aliphatic rings. The third-order valence-corrected chi connectivity index (χ3v) is 2.64. The lowest BCUT2D eigenvalue weighted by Gasteiger charge is -2.06. The SMILES string of the molecule is Cc1cccnc1C(=O)Nc1ccc(CC(=O)O)nc1. The number of nitrogens with one attached hydrogen (secondary N) is 1. The van der Waals surface area contributed by atoms with Gasteiger partial charge in [-0.05, 0) is 30.7 Å². The maximum absolute atomic E-state index is 12.0. The predicted octanol–water partition coefficient (Wildman–Crippen LogP) is 1.66. The van der Waals surface area contributed by atoms with E-state index in [4.69, 9.17) is 5.11 Å². The van der Waals surface area contributed by atoms with Crippen LogP contribution in [0.4, 0.5) is 5.69 Å². The second-order valence-corrected chi connectivity index (χ2v) is 4.23. The number of carbonyl (C=O) groups excluding carboxylic acids is 1. The lowest BCUT2D eigenvalue weighted by atomic mass is 10.2. The van der Waals surface area contributed by atoms with Crippen molar-refractivity contribution in [2.45, 2.75) is 13.3 Å². The molecule has 1 amide bonds. The van der Waals surface area contributed by atoms with Crippen molar-refractivity contribution in [1.82, 2.24) is 9.97 Å². The molecule has 6 nitrogen and oxygen atoms in total. The number of hydrogen-bond donors (Lipinski definition) is 2. The van der Waals surface area contributed by atoms with Crippen LogP contribution in [0.15, 0.2) is 36.7 Å². The van der Waals surface area contributed by atoms with Crippen molar-refractivity contribution in [1.29, 1.82) is 0 Å². The van der Waals surface area contributed by atoms with Crippen molar-refractivity contribution >= 4 is 17.6 Å². The molecule has 0 radical (unpaired) electrons. The molecule has 2 heterocycles. The first kappa shape index (κ1) is 13.7. The maximum Gasteiger partial charge on any atom is 0.309 e. The first-order valence-electron chi connectivity index (χ1n) is 5.96. The molecule has 2 N–H and O–H groups in total. The van der Waals surface area contributed by atoms with Gasteiger partial charge in [0.25, 0.3) is 5.91 Å². The highest BCUT2D eigenvalue weighted by Crippen LogP contribution is 2.10. The van der Waals surface area contributed by atoms with E-state index in [-0.39, 0.29) is 12.3 Å². The van der Waals surface area contributed by atoms with E-state index in [2.05, 4.69) is 15.3 Å². The zero-order valence-electron chi connectivity index (χ0n) is 10.8. The van der Waals surface area contributed by atoms with Gasteiger partial charge in [0.1, 0.15) is 5.69 Å². The zero-order chi connectivity index (χ0) is 14.5. The number of aromatic nitrogens is 2. The summed E-state index contributed by atoms with van der Waals surface area (Å²) in [5.74, 6) is -1.27. The van der Waals surface area contributed by atoms with Crippen LogP contribution in [0, 0.1) is 6.92 Å². The predicted molar refractivity (Wildman–Crippen MR) is 72.5 cm³/mol. The van der Waals surface area contributed by atoms with Crippen LogP contribution in [-0.2, 0) is 11.2 Å². The molecule has 0 fully saturated rings. The molecule has 2 aromatic rings. The molecule has 0 saturated carbocycles. The van der Waals surface area contributed by atoms with Gasteiger partial charge >= 0.3 is 5.97 Å². The minimum absolute atomic E-state index is 0.145. The van der Waals surface area contributed by atoms with Gasteiger partial charge in [-0.15, -0.1) is 0 Å². The minimum Gasteiger partial charge on any atom is -0.481 e. The number of carboxylic acids is 1. The Labute approximate surface area is 115 Å². The normalized spacial score (nSPS) is 10.1. The largest absolute Gasteiger partial charge is 0.481 e. The Bertz CT molecular complexity index is 638. The summed E-state index contributed by atoms with van der Waals surface area (Å²) >= 11 is 0. The molecule has 20 heavy (non-hydrogen) atoms. The van der Waals surface area contributed by atoms with Crippen molar-refractivity contribution < 1.29 is 14.7 Å². The van der Waals surface area contributed by atoms with E-state index < -0.39 is 5.97 Å². The van der Waals surface area contributed by atoms with Crippen LogP contribution in [0.3, 0.4) is 0 Å². The highest BCUT2D eigenvalue weighted by Gasteiger charge is 2.10. The number of aliphatic carboxylic acids is 1. The Hall–Kier alpha value is -2.76. The average molecular weight is 271 g/mol. The lowest BCUT2D eigenvalue weighted by Crippen LogP contribution is -2.15. The van der Waals surface area contributed by atoms with E-state index in [0.29, 0.717) is 17.1 Å². The molecule has 2 aromatic heterocycles. The van der Waals surface area contributed by atoms with Gasteiger partial charge in [-0.1, -0.05) is 6.07 Å². The molecular formula is C14H13N3O3. The second kappa shape index (κ2) is 5.92. The number of anilines is 1. The monoisotopic (exact) mass is 271 g/mol. The summed E-state index contributed by atoms with van der Waals surface area (Å²) in [5, 5.41) is 11.3. The smallest absolute Gasteiger partial charge is 0.309 e. The fraction of sp³-hybridized carbons (Fsp3) is 0.143. The van der Waals surface area contributed by atoms with E-state index in [1.165, 1.54) is 6.20 Å². The van der Waals surface area contributed by atoms with Crippen LogP contribution in [0.1, 0.15) is 21.7 Å². The number of hydrogen-bond acceptors (Lipinski definition) is 4. The second-order valence-electron chi connectivity index (χ2n) is 4.23. The topological polar surface area (TPSA) is 92.2 Å².